The van der Waals surface area contributed by atoms with Gasteiger partial charge in [0.05, 0.1) is 32.0 Å². The Hall–Kier alpha value is -4.05. The van der Waals surface area contributed by atoms with Crippen molar-refractivity contribution >= 4 is 80.9 Å². The van der Waals surface area contributed by atoms with Crippen molar-refractivity contribution in [2.45, 2.75) is 13.1 Å². The number of hydrogen-bond donors (Lipinski definition) is 2. The molecule has 0 atom stereocenters. The summed E-state index contributed by atoms with van der Waals surface area (Å²) in [6, 6.07) is 9.87. The highest BCUT2D eigenvalue weighted by molar-refractivity contribution is 8.26. The molecule has 0 spiro atoms. The largest absolute Gasteiger partial charge is 0.490 e. The fourth-order valence-electron chi connectivity index (χ4n) is 3.56. The first-order chi connectivity index (χ1) is 20.3. The summed E-state index contributed by atoms with van der Waals surface area (Å²) in [5.41, 5.74) is 1.01. The highest BCUT2D eigenvalue weighted by Gasteiger charge is 2.35. The molecule has 0 unspecified atom stereocenters. The molecule has 1 saturated heterocycles. The molecular weight excluding hydrogens is 656 g/mol. The van der Waals surface area contributed by atoms with E-state index in [0.717, 1.165) is 22.8 Å². The zero-order chi connectivity index (χ0) is 31.5. The number of thioether (sulfide) groups is 1. The third-order valence-corrected chi connectivity index (χ3v) is 7.49. The molecule has 43 heavy (non-hydrogen) atoms. The first-order valence-electron chi connectivity index (χ1n) is 11.9. The number of hydrazine groups is 1. The molecular formula is C26H17Cl2F3N4O6S2. The number of nitrogens with zero attached hydrogens (tertiary/aromatic N) is 2. The number of ether oxygens (including phenoxy) is 2. The molecule has 17 heteroatoms. The summed E-state index contributed by atoms with van der Waals surface area (Å²) in [7, 11) is 0. The van der Waals surface area contributed by atoms with E-state index >= 15 is 0 Å². The van der Waals surface area contributed by atoms with E-state index in [1.54, 1.807) is 6.92 Å². The number of nitro groups is 1. The average molecular weight is 673 g/mol. The highest BCUT2D eigenvalue weighted by atomic mass is 35.5. The molecule has 4 rings (SSSR count). The molecule has 3 aromatic carbocycles. The van der Waals surface area contributed by atoms with Crippen LogP contribution in [0.1, 0.15) is 18.1 Å². The predicted molar refractivity (Wildman–Crippen MR) is 159 cm³/mol. The van der Waals surface area contributed by atoms with Gasteiger partial charge in [0, 0.05) is 11.8 Å². The quantitative estimate of drug-likeness (QED) is 0.107. The van der Waals surface area contributed by atoms with Gasteiger partial charge in [0.15, 0.2) is 15.8 Å². The molecule has 0 saturated carbocycles. The van der Waals surface area contributed by atoms with Crippen LogP contribution in [0, 0.1) is 10.1 Å². The van der Waals surface area contributed by atoms with E-state index in [1.165, 1.54) is 42.5 Å². The Balaban J connectivity index is 1.53. The minimum Gasteiger partial charge on any atom is -0.490 e. The van der Waals surface area contributed by atoms with Gasteiger partial charge in [0.25, 0.3) is 5.91 Å². The van der Waals surface area contributed by atoms with Crippen LogP contribution in [0.2, 0.25) is 10.0 Å². The molecule has 0 aromatic heterocycles. The van der Waals surface area contributed by atoms with Crippen molar-refractivity contribution in [1.82, 2.24) is 10.4 Å². The van der Waals surface area contributed by atoms with Crippen LogP contribution in [0.5, 0.6) is 17.2 Å². The van der Waals surface area contributed by atoms with E-state index in [2.05, 4.69) is 10.7 Å². The molecule has 0 aliphatic carbocycles. The summed E-state index contributed by atoms with van der Waals surface area (Å²) in [4.78, 5) is 36.1. The number of urea groups is 1. The fourth-order valence-corrected chi connectivity index (χ4v) is 5.04. The Morgan fingerprint density at radius 1 is 1.09 bits per heavy atom. The Kier molecular flexibility index (Phi) is 9.69. The maximum absolute atomic E-state index is 13.1. The molecule has 1 heterocycles. The van der Waals surface area contributed by atoms with E-state index in [-0.39, 0.29) is 32.4 Å². The summed E-state index contributed by atoms with van der Waals surface area (Å²) >= 11 is 18.0. The number of carbonyl (C=O) groups is 2. The van der Waals surface area contributed by atoms with Gasteiger partial charge in [-0.05, 0) is 73.2 Å². The van der Waals surface area contributed by atoms with E-state index in [0.29, 0.717) is 28.4 Å². The van der Waals surface area contributed by atoms with Gasteiger partial charge in [0.1, 0.15) is 0 Å². The monoisotopic (exact) mass is 672 g/mol. The zero-order valence-corrected chi connectivity index (χ0v) is 24.7. The number of amides is 3. The third kappa shape index (κ3) is 7.67. The van der Waals surface area contributed by atoms with Crippen LogP contribution in [0.3, 0.4) is 0 Å². The second kappa shape index (κ2) is 13.1. The molecule has 0 radical (unpaired) electrons. The van der Waals surface area contributed by atoms with E-state index in [4.69, 9.17) is 44.9 Å². The van der Waals surface area contributed by atoms with Crippen LogP contribution in [0.15, 0.2) is 59.5 Å². The molecule has 3 aromatic rings. The minimum absolute atomic E-state index is 0.0185. The number of rotatable bonds is 8. The molecule has 10 nitrogen and oxygen atoms in total. The standard InChI is InChI=1S/C26H17Cl2F3N4O6S2/c1-2-40-21-9-13(3-7-20(21)41-19-8-4-14(26(29,30)31)11-18(19)35(38)39)10-22-23(36)34(25(42)43-22)33-24(37)32-15-5-6-16(27)17(28)12-15/h3-12H,2H2,1H3,(H2,32,33,37)/b22-10+. The molecule has 2 N–H and O–H groups in total. The number of anilines is 1. The Morgan fingerprint density at radius 3 is 2.47 bits per heavy atom. The van der Waals surface area contributed by atoms with Gasteiger partial charge in [-0.3, -0.25) is 14.9 Å². The van der Waals surface area contributed by atoms with Gasteiger partial charge in [-0.1, -0.05) is 41.0 Å². The number of alkyl halides is 3. The van der Waals surface area contributed by atoms with Crippen molar-refractivity contribution in [3.05, 3.63) is 90.8 Å². The molecule has 0 bridgehead atoms. The second-order valence-electron chi connectivity index (χ2n) is 8.39. The Bertz CT molecular complexity index is 1670. The predicted octanol–water partition coefficient (Wildman–Crippen LogP) is 8.05. The van der Waals surface area contributed by atoms with Crippen molar-refractivity contribution in [3.63, 3.8) is 0 Å². The van der Waals surface area contributed by atoms with Gasteiger partial charge in [-0.25, -0.2) is 10.2 Å². The van der Waals surface area contributed by atoms with Crippen LogP contribution in [-0.2, 0) is 11.0 Å². The zero-order valence-electron chi connectivity index (χ0n) is 21.5. The third-order valence-electron chi connectivity index (χ3n) is 5.45. The first-order valence-corrected chi connectivity index (χ1v) is 13.9. The van der Waals surface area contributed by atoms with Crippen LogP contribution in [0.25, 0.3) is 6.08 Å². The molecule has 224 valence electrons. The number of nitro benzene ring substituents is 1. The first kappa shape index (κ1) is 31.9. The number of hydrogen-bond acceptors (Lipinski definition) is 8. The van der Waals surface area contributed by atoms with Crippen molar-refractivity contribution in [2.75, 3.05) is 11.9 Å². The summed E-state index contributed by atoms with van der Waals surface area (Å²) in [6.07, 6.45) is -3.32. The van der Waals surface area contributed by atoms with Crippen LogP contribution < -0.4 is 20.2 Å². The summed E-state index contributed by atoms with van der Waals surface area (Å²) < 4.78 is 50.4. The maximum Gasteiger partial charge on any atom is 0.416 e. The van der Waals surface area contributed by atoms with Crippen LogP contribution in [-0.4, -0.2) is 32.8 Å². The van der Waals surface area contributed by atoms with Gasteiger partial charge in [0.2, 0.25) is 5.75 Å². The van der Waals surface area contributed by atoms with E-state index in [1.807, 2.05) is 0 Å². The number of thiocarbonyl (C=S) groups is 1. The second-order valence-corrected chi connectivity index (χ2v) is 10.9. The number of carbonyl (C=O) groups excluding carboxylic acids is 2. The molecule has 1 aliphatic rings. The minimum atomic E-state index is -4.78. The van der Waals surface area contributed by atoms with Gasteiger partial charge >= 0.3 is 17.9 Å². The SMILES string of the molecule is CCOc1cc(/C=C2/SC(=S)N(NC(=O)Nc3ccc(Cl)c(Cl)c3)C2=O)ccc1Oc1ccc(C(F)(F)F)cc1[N+](=O)[O-]. The maximum atomic E-state index is 13.1. The van der Waals surface area contributed by atoms with Crippen LogP contribution >= 0.6 is 47.2 Å². The lowest BCUT2D eigenvalue weighted by atomic mass is 10.1. The lowest BCUT2D eigenvalue weighted by molar-refractivity contribution is -0.385. The van der Waals surface area contributed by atoms with E-state index < -0.39 is 40.0 Å². The fraction of sp³-hybridized carbons (Fsp3) is 0.115. The Morgan fingerprint density at radius 2 is 1.81 bits per heavy atom. The Labute approximate surface area is 260 Å². The average Bonchev–Trinajstić information content (AvgIpc) is 3.19. The van der Waals surface area contributed by atoms with Crippen molar-refractivity contribution in [2.24, 2.45) is 0 Å². The van der Waals surface area contributed by atoms with Gasteiger partial charge in [-0.2, -0.15) is 18.2 Å². The summed E-state index contributed by atoms with van der Waals surface area (Å²) in [6.45, 7) is 1.81. The van der Waals surface area contributed by atoms with Crippen molar-refractivity contribution in [1.29, 1.82) is 0 Å². The molecule has 1 fully saturated rings. The molecule has 1 aliphatic heterocycles. The highest BCUT2D eigenvalue weighted by Crippen LogP contribution is 2.41. The summed E-state index contributed by atoms with van der Waals surface area (Å²) in [5.74, 6) is -0.981. The summed E-state index contributed by atoms with van der Waals surface area (Å²) in [5, 5.41) is 15.3. The number of nitrogens with one attached hydrogen (secondary N) is 2. The number of halogens is 5. The van der Waals surface area contributed by atoms with Gasteiger partial charge < -0.3 is 14.8 Å². The van der Waals surface area contributed by atoms with E-state index in [9.17, 15) is 32.9 Å². The van der Waals surface area contributed by atoms with Crippen molar-refractivity contribution in [3.8, 4) is 17.2 Å². The normalized spacial score (nSPS) is 14.2. The topological polar surface area (TPSA) is 123 Å². The van der Waals surface area contributed by atoms with Crippen molar-refractivity contribution < 1.29 is 37.2 Å². The smallest absolute Gasteiger partial charge is 0.416 e. The lowest BCUT2D eigenvalue weighted by Gasteiger charge is -2.16. The van der Waals surface area contributed by atoms with Gasteiger partial charge in [-0.15, -0.1) is 0 Å². The molecule has 3 amide bonds. The number of benzene rings is 3. The lowest BCUT2D eigenvalue weighted by Crippen LogP contribution is -2.46. The van der Waals surface area contributed by atoms with Crippen LogP contribution in [0.4, 0.5) is 29.3 Å².